The van der Waals surface area contributed by atoms with Gasteiger partial charge >= 0.3 is 0 Å². The summed E-state index contributed by atoms with van der Waals surface area (Å²) in [5.74, 6) is 3.56. The molecule has 2 aliphatic heterocycles. The van der Waals surface area contributed by atoms with E-state index in [2.05, 4.69) is 106 Å². The second-order valence-corrected chi connectivity index (χ2v) is 10.6. The molecular weight excluding hydrogens is 492 g/mol. The van der Waals surface area contributed by atoms with Crippen LogP contribution in [-0.2, 0) is 0 Å². The maximum absolute atomic E-state index is 6.30. The largest absolute Gasteiger partial charge is 0.453 e. The Morgan fingerprint density at radius 2 is 0.825 bits per heavy atom. The van der Waals surface area contributed by atoms with Crippen molar-refractivity contribution in [2.75, 3.05) is 0 Å². The third-order valence-corrected chi connectivity index (χ3v) is 8.49. The number of hydrogen-bond acceptors (Lipinski definition) is 2. The minimum atomic E-state index is 0.883. The van der Waals surface area contributed by atoms with E-state index < -0.39 is 0 Å². The van der Waals surface area contributed by atoms with E-state index in [1.54, 1.807) is 0 Å². The highest BCUT2D eigenvalue weighted by molar-refractivity contribution is 6.15. The summed E-state index contributed by atoms with van der Waals surface area (Å²) in [5, 5.41) is 4.84. The molecule has 4 heteroatoms. The summed E-state index contributed by atoms with van der Waals surface area (Å²) < 4.78 is 17.3. The smallest absolute Gasteiger partial charge is 0.152 e. The van der Waals surface area contributed by atoms with Crippen LogP contribution in [0, 0.1) is 0 Å². The van der Waals surface area contributed by atoms with E-state index in [1.807, 2.05) is 24.3 Å². The average molecular weight is 513 g/mol. The minimum Gasteiger partial charge on any atom is -0.453 e. The van der Waals surface area contributed by atoms with Crippen molar-refractivity contribution in [2.24, 2.45) is 0 Å². The second kappa shape index (κ2) is 7.13. The molecule has 0 saturated carbocycles. The van der Waals surface area contributed by atoms with E-state index in [1.165, 1.54) is 43.7 Å². The summed E-state index contributed by atoms with van der Waals surface area (Å²) >= 11 is 0. The molecule has 40 heavy (non-hydrogen) atoms. The van der Waals surface area contributed by atoms with Gasteiger partial charge in [-0.2, -0.15) is 0 Å². The highest BCUT2D eigenvalue weighted by Gasteiger charge is 2.25. The maximum Gasteiger partial charge on any atom is 0.152 e. The lowest BCUT2D eigenvalue weighted by atomic mass is 10.0. The maximum atomic E-state index is 6.30. The topological polar surface area (TPSA) is 28.3 Å². The zero-order valence-corrected chi connectivity index (χ0v) is 21.3. The molecule has 0 bridgehead atoms. The second-order valence-electron chi connectivity index (χ2n) is 10.6. The Hall–Kier alpha value is -5.48. The fraction of sp³-hybridized carbons (Fsp3) is 0. The van der Waals surface area contributed by atoms with Gasteiger partial charge in [-0.15, -0.1) is 0 Å². The molecule has 4 heterocycles. The lowest BCUT2D eigenvalue weighted by molar-refractivity contribution is 0.476. The first-order valence-corrected chi connectivity index (χ1v) is 13.5. The zero-order valence-electron chi connectivity index (χ0n) is 21.3. The van der Waals surface area contributed by atoms with Crippen molar-refractivity contribution < 1.29 is 9.47 Å². The number of hydrogen-bond donors (Lipinski definition) is 0. The summed E-state index contributed by atoms with van der Waals surface area (Å²) in [4.78, 5) is 0. The van der Waals surface area contributed by atoms with Crippen molar-refractivity contribution in [3.8, 4) is 45.5 Å². The van der Waals surface area contributed by atoms with Gasteiger partial charge in [0.15, 0.2) is 23.0 Å². The van der Waals surface area contributed by atoms with Crippen molar-refractivity contribution in [1.29, 1.82) is 0 Å². The van der Waals surface area contributed by atoms with Crippen LogP contribution in [0.3, 0.4) is 0 Å². The Kier molecular flexibility index (Phi) is 3.65. The lowest BCUT2D eigenvalue weighted by Gasteiger charge is -2.20. The van der Waals surface area contributed by atoms with Crippen molar-refractivity contribution >= 4 is 43.6 Å². The number of ether oxygens (including phenoxy) is 2. The molecule has 0 unspecified atom stereocenters. The molecule has 10 rings (SSSR count). The molecule has 4 nitrogen and oxygen atoms in total. The third kappa shape index (κ3) is 2.46. The molecule has 0 atom stereocenters. The molecule has 6 aromatic carbocycles. The van der Waals surface area contributed by atoms with Crippen LogP contribution in [0.2, 0.25) is 0 Å². The van der Waals surface area contributed by atoms with E-state index in [-0.39, 0.29) is 0 Å². The summed E-state index contributed by atoms with van der Waals surface area (Å²) in [6, 6.07) is 42.8. The molecule has 0 spiro atoms. The van der Waals surface area contributed by atoms with Gasteiger partial charge in [-0.05, 0) is 71.8 Å². The average Bonchev–Trinajstić information content (AvgIpc) is 3.52. The summed E-state index contributed by atoms with van der Waals surface area (Å²) in [6.45, 7) is 0. The zero-order chi connectivity index (χ0) is 25.9. The van der Waals surface area contributed by atoms with Crippen LogP contribution < -0.4 is 9.47 Å². The van der Waals surface area contributed by atoms with Gasteiger partial charge in [0.2, 0.25) is 0 Å². The molecule has 0 fully saturated rings. The Morgan fingerprint density at radius 3 is 1.32 bits per heavy atom. The molecule has 0 radical (unpaired) electrons. The van der Waals surface area contributed by atoms with Crippen LogP contribution >= 0.6 is 0 Å². The third-order valence-electron chi connectivity index (χ3n) is 8.49. The predicted octanol–water partition coefficient (Wildman–Crippen LogP) is 9.76. The van der Waals surface area contributed by atoms with Gasteiger partial charge in [0.25, 0.3) is 0 Å². The van der Waals surface area contributed by atoms with E-state index >= 15 is 0 Å². The molecule has 0 N–H and O–H groups in total. The van der Waals surface area contributed by atoms with Crippen LogP contribution in [0.1, 0.15) is 0 Å². The van der Waals surface area contributed by atoms with E-state index in [0.29, 0.717) is 0 Å². The Labute approximate surface area is 228 Å². The van der Waals surface area contributed by atoms with Crippen LogP contribution in [-0.4, -0.2) is 9.13 Å². The SMILES string of the molecule is c1ccc2c(c1)Oc1cccc3c4cc(-c5ccc6c(c5)c5cccc7c5n6-c5ccccc5O7)ccc4n-2c13. The standard InChI is InChI=1S/C36H20N2O2/c1-3-11-31-29(9-1)37-27-17-15-21(19-25(27)23-7-5-13-33(39-31)35(23)37)22-16-18-28-26(20-22)24-8-6-14-34-36(24)38(28)30-10-2-4-12-32(30)40-34/h1-20H. The van der Waals surface area contributed by atoms with Gasteiger partial charge in [-0.1, -0.05) is 60.7 Å². The summed E-state index contributed by atoms with van der Waals surface area (Å²) in [7, 11) is 0. The number of benzene rings is 6. The van der Waals surface area contributed by atoms with Gasteiger partial charge < -0.3 is 18.6 Å². The molecule has 0 saturated heterocycles. The first-order chi connectivity index (χ1) is 19.8. The molecule has 0 amide bonds. The summed E-state index contributed by atoms with van der Waals surface area (Å²) in [5.41, 5.74) is 9.14. The first-order valence-electron chi connectivity index (χ1n) is 13.5. The van der Waals surface area contributed by atoms with Crippen LogP contribution in [0.4, 0.5) is 0 Å². The van der Waals surface area contributed by atoms with E-state index in [0.717, 1.165) is 45.4 Å². The molecule has 0 aliphatic carbocycles. The normalized spacial score (nSPS) is 12.9. The summed E-state index contributed by atoms with van der Waals surface area (Å²) in [6.07, 6.45) is 0. The van der Waals surface area contributed by atoms with Crippen LogP contribution in [0.15, 0.2) is 121 Å². The monoisotopic (exact) mass is 512 g/mol. The molecule has 186 valence electrons. The number of aromatic nitrogens is 2. The Balaban J connectivity index is 1.23. The first kappa shape index (κ1) is 20.5. The number of rotatable bonds is 1. The van der Waals surface area contributed by atoms with Crippen molar-refractivity contribution in [3.05, 3.63) is 121 Å². The quantitative estimate of drug-likeness (QED) is 0.219. The van der Waals surface area contributed by atoms with Crippen molar-refractivity contribution in [2.45, 2.75) is 0 Å². The van der Waals surface area contributed by atoms with Gasteiger partial charge in [-0.25, -0.2) is 0 Å². The van der Waals surface area contributed by atoms with Crippen molar-refractivity contribution in [3.63, 3.8) is 0 Å². The Morgan fingerprint density at radius 1 is 0.375 bits per heavy atom. The highest BCUT2D eigenvalue weighted by Crippen LogP contribution is 2.47. The fourth-order valence-electron chi connectivity index (χ4n) is 6.79. The van der Waals surface area contributed by atoms with Gasteiger partial charge in [-0.3, -0.25) is 0 Å². The van der Waals surface area contributed by atoms with Gasteiger partial charge in [0.1, 0.15) is 0 Å². The van der Waals surface area contributed by atoms with Gasteiger partial charge in [0.05, 0.1) is 33.4 Å². The van der Waals surface area contributed by atoms with Crippen molar-refractivity contribution in [1.82, 2.24) is 9.13 Å². The molecule has 8 aromatic rings. The Bertz CT molecular complexity index is 2220. The number of para-hydroxylation sites is 6. The number of nitrogens with zero attached hydrogens (tertiary/aromatic N) is 2. The van der Waals surface area contributed by atoms with Gasteiger partial charge in [0, 0.05) is 21.5 Å². The lowest BCUT2D eigenvalue weighted by Crippen LogP contribution is -2.03. The predicted molar refractivity (Wildman–Crippen MR) is 161 cm³/mol. The molecular formula is C36H20N2O2. The minimum absolute atomic E-state index is 0.883. The van der Waals surface area contributed by atoms with Crippen LogP contribution in [0.25, 0.3) is 66.1 Å². The fourth-order valence-corrected chi connectivity index (χ4v) is 6.79. The van der Waals surface area contributed by atoms with E-state index in [4.69, 9.17) is 9.47 Å². The molecule has 2 aromatic heterocycles. The number of fused-ring (bicyclic) bond motifs is 10. The van der Waals surface area contributed by atoms with E-state index in [9.17, 15) is 0 Å². The molecule has 2 aliphatic rings. The highest BCUT2D eigenvalue weighted by atomic mass is 16.5. The van der Waals surface area contributed by atoms with Crippen LogP contribution in [0.5, 0.6) is 23.0 Å².